The number of carbonyl (C=O) groups is 3. The monoisotopic (exact) mass is 854 g/mol. The summed E-state index contributed by atoms with van der Waals surface area (Å²) in [5, 5.41) is 98.9. The Morgan fingerprint density at radius 2 is 0.787 bits per heavy atom. The lowest BCUT2D eigenvalue weighted by molar-refractivity contribution is -0.126. The van der Waals surface area contributed by atoms with E-state index in [-0.39, 0.29) is 47.4 Å². The molecule has 1 aliphatic heterocycles. The standard InChI is InChI=1S/C43H62N6O12/c1-26-12-29(38(56)34(15-26)44-41(59)32(21-50)22-51)18-47-6-4-8-48(19-30-13-27(2)16-35(39(30)57)45-42(60)33(23-52)24-53)10-11-49(9-5-7-47)20-31-14-28(3)17-36(40(31)58)46-43(61)37(55)25-54/h12-17,32-33,37,50-58H,4-11,18-25H2,1-3H3,(H,44,59)(H,45,60)(H,46,61). The summed E-state index contributed by atoms with van der Waals surface area (Å²) in [5.41, 5.74) is 4.33. The number of phenols is 3. The van der Waals surface area contributed by atoms with Crippen LogP contribution in [0.25, 0.3) is 0 Å². The summed E-state index contributed by atoms with van der Waals surface area (Å²) in [6.45, 7) is 6.71. The number of aliphatic hydroxyl groups is 6. The second kappa shape index (κ2) is 23.4. The Hall–Kier alpha value is -4.89. The molecule has 4 rings (SSSR count). The van der Waals surface area contributed by atoms with Gasteiger partial charge >= 0.3 is 0 Å². The molecule has 1 saturated heterocycles. The van der Waals surface area contributed by atoms with Gasteiger partial charge in [0.15, 0.2) is 6.10 Å². The highest BCUT2D eigenvalue weighted by atomic mass is 16.3. The van der Waals surface area contributed by atoms with Crippen LogP contribution in [-0.4, -0.2) is 157 Å². The minimum absolute atomic E-state index is 0.0945. The van der Waals surface area contributed by atoms with Crippen LogP contribution in [0.4, 0.5) is 17.1 Å². The van der Waals surface area contributed by atoms with Crippen molar-refractivity contribution in [2.45, 2.75) is 59.4 Å². The molecule has 3 amide bonds. The average molecular weight is 855 g/mol. The van der Waals surface area contributed by atoms with Gasteiger partial charge in [-0.15, -0.1) is 0 Å². The summed E-state index contributed by atoms with van der Waals surface area (Å²) in [6.07, 6.45) is -0.316. The molecule has 18 heteroatoms. The number of nitrogens with zero attached hydrogens (tertiary/aromatic N) is 3. The van der Waals surface area contributed by atoms with Crippen LogP contribution in [0, 0.1) is 32.6 Å². The third-order valence-electron chi connectivity index (χ3n) is 10.7. The highest BCUT2D eigenvalue weighted by molar-refractivity contribution is 5.96. The minimum atomic E-state index is -1.67. The molecule has 1 heterocycles. The molecule has 12 N–H and O–H groups in total. The van der Waals surface area contributed by atoms with E-state index in [0.29, 0.717) is 75.3 Å². The van der Waals surface area contributed by atoms with Crippen LogP contribution in [0.1, 0.15) is 46.2 Å². The van der Waals surface area contributed by atoms with E-state index < -0.39 is 68.7 Å². The molecule has 0 spiro atoms. The fourth-order valence-electron chi connectivity index (χ4n) is 7.28. The van der Waals surface area contributed by atoms with Crippen LogP contribution in [-0.2, 0) is 34.0 Å². The van der Waals surface area contributed by atoms with Crippen molar-refractivity contribution in [3.63, 3.8) is 0 Å². The second-order valence-electron chi connectivity index (χ2n) is 15.8. The Morgan fingerprint density at radius 1 is 0.492 bits per heavy atom. The van der Waals surface area contributed by atoms with E-state index in [0.717, 1.165) is 16.7 Å². The van der Waals surface area contributed by atoms with E-state index in [9.17, 15) is 60.3 Å². The zero-order valence-electron chi connectivity index (χ0n) is 35.1. The summed E-state index contributed by atoms with van der Waals surface area (Å²) in [7, 11) is 0. The largest absolute Gasteiger partial charge is 0.505 e. The number of phenolic OH excluding ortho intramolecular Hbond substituents is 3. The quantitative estimate of drug-likeness (QED) is 0.0834. The molecule has 0 bridgehead atoms. The normalized spacial score (nSPS) is 15.4. The number of rotatable bonds is 17. The molecule has 0 aromatic heterocycles. The van der Waals surface area contributed by atoms with E-state index in [4.69, 9.17) is 0 Å². The third kappa shape index (κ3) is 13.8. The number of benzene rings is 3. The number of anilines is 3. The first-order chi connectivity index (χ1) is 29.1. The van der Waals surface area contributed by atoms with Gasteiger partial charge in [0.25, 0.3) is 5.91 Å². The molecular weight excluding hydrogens is 793 g/mol. The van der Waals surface area contributed by atoms with Gasteiger partial charge in [0, 0.05) is 49.4 Å². The SMILES string of the molecule is Cc1cc(CN2CCCN(Cc3cc(C)cc(NC(=O)C(CO)CO)c3O)CCCN(Cc3cc(C)cc(NC(=O)C(CO)CO)c3O)CC2)c(O)c(NC(=O)C(O)CO)c1. The molecule has 1 atom stereocenters. The lowest BCUT2D eigenvalue weighted by atomic mass is 10.1. The summed E-state index contributed by atoms with van der Waals surface area (Å²) in [6, 6.07) is 10.3. The Labute approximate surface area is 355 Å². The average Bonchev–Trinajstić information content (AvgIpc) is 3.25. The van der Waals surface area contributed by atoms with Gasteiger partial charge in [-0.25, -0.2) is 0 Å². The Morgan fingerprint density at radius 3 is 1.08 bits per heavy atom. The van der Waals surface area contributed by atoms with Crippen molar-refractivity contribution in [3.05, 3.63) is 69.8 Å². The molecule has 0 radical (unpaired) electrons. The highest BCUT2D eigenvalue weighted by Crippen LogP contribution is 2.34. The molecule has 0 saturated carbocycles. The zero-order chi connectivity index (χ0) is 44.8. The van der Waals surface area contributed by atoms with E-state index in [1.54, 1.807) is 25.1 Å². The van der Waals surface area contributed by atoms with Gasteiger partial charge in [0.05, 0.1) is 61.9 Å². The first-order valence-electron chi connectivity index (χ1n) is 20.4. The number of aliphatic hydroxyl groups excluding tert-OH is 6. The number of aryl methyl sites for hydroxylation is 3. The Balaban J connectivity index is 1.64. The van der Waals surface area contributed by atoms with Gasteiger partial charge in [-0.05, 0) is 94.7 Å². The van der Waals surface area contributed by atoms with Crippen LogP contribution in [0.5, 0.6) is 17.2 Å². The van der Waals surface area contributed by atoms with E-state index in [1.165, 1.54) is 0 Å². The predicted molar refractivity (Wildman–Crippen MR) is 228 cm³/mol. The maximum atomic E-state index is 12.7. The number of carbonyl (C=O) groups excluding carboxylic acids is 3. The van der Waals surface area contributed by atoms with Gasteiger partial charge in [-0.3, -0.25) is 29.1 Å². The zero-order valence-corrected chi connectivity index (χ0v) is 35.1. The van der Waals surface area contributed by atoms with Crippen molar-refractivity contribution in [1.82, 2.24) is 14.7 Å². The predicted octanol–water partition coefficient (Wildman–Crippen LogP) is 0.699. The molecule has 1 unspecified atom stereocenters. The first-order valence-corrected chi connectivity index (χ1v) is 20.4. The lowest BCUT2D eigenvalue weighted by Gasteiger charge is -2.28. The highest BCUT2D eigenvalue weighted by Gasteiger charge is 2.24. The van der Waals surface area contributed by atoms with Crippen LogP contribution in [0.2, 0.25) is 0 Å². The number of hydrogen-bond donors (Lipinski definition) is 12. The molecule has 61 heavy (non-hydrogen) atoms. The lowest BCUT2D eigenvalue weighted by Crippen LogP contribution is -2.36. The molecule has 0 aliphatic carbocycles. The molecule has 1 aliphatic rings. The summed E-state index contributed by atoms with van der Waals surface area (Å²) in [4.78, 5) is 44.3. The topological polar surface area (TPSA) is 279 Å². The first kappa shape index (κ1) is 48.8. The maximum absolute atomic E-state index is 12.7. The van der Waals surface area contributed by atoms with E-state index in [2.05, 4.69) is 30.7 Å². The molecule has 1 fully saturated rings. The van der Waals surface area contributed by atoms with Gasteiger partial charge in [-0.1, -0.05) is 18.2 Å². The van der Waals surface area contributed by atoms with Gasteiger partial charge < -0.3 is 61.9 Å². The minimum Gasteiger partial charge on any atom is -0.505 e. The molecule has 3 aromatic carbocycles. The Bertz CT molecular complexity index is 1960. The van der Waals surface area contributed by atoms with Gasteiger partial charge in [0.2, 0.25) is 11.8 Å². The van der Waals surface area contributed by atoms with Crippen LogP contribution in [0.3, 0.4) is 0 Å². The maximum Gasteiger partial charge on any atom is 0.255 e. The van der Waals surface area contributed by atoms with Gasteiger partial charge in [0.1, 0.15) is 17.2 Å². The fraction of sp³-hybridized carbons (Fsp3) is 0.512. The van der Waals surface area contributed by atoms with Crippen molar-refractivity contribution < 1.29 is 60.3 Å². The third-order valence-corrected chi connectivity index (χ3v) is 10.7. The van der Waals surface area contributed by atoms with Crippen molar-refractivity contribution in [3.8, 4) is 17.2 Å². The fourth-order valence-corrected chi connectivity index (χ4v) is 7.28. The van der Waals surface area contributed by atoms with Crippen molar-refractivity contribution in [2.75, 3.05) is 88.3 Å². The molecular formula is C43H62N6O12. The van der Waals surface area contributed by atoms with Crippen LogP contribution in [0.15, 0.2) is 36.4 Å². The van der Waals surface area contributed by atoms with Crippen LogP contribution >= 0.6 is 0 Å². The van der Waals surface area contributed by atoms with Gasteiger partial charge in [-0.2, -0.15) is 0 Å². The second-order valence-corrected chi connectivity index (χ2v) is 15.8. The smallest absolute Gasteiger partial charge is 0.255 e. The molecule has 336 valence electrons. The summed E-state index contributed by atoms with van der Waals surface area (Å²) < 4.78 is 0. The number of hydrogen-bond acceptors (Lipinski definition) is 15. The van der Waals surface area contributed by atoms with E-state index >= 15 is 0 Å². The molecule has 3 aromatic rings. The summed E-state index contributed by atoms with van der Waals surface area (Å²) >= 11 is 0. The number of nitrogens with one attached hydrogen (secondary N) is 3. The van der Waals surface area contributed by atoms with Crippen molar-refractivity contribution in [2.24, 2.45) is 11.8 Å². The van der Waals surface area contributed by atoms with Crippen LogP contribution < -0.4 is 16.0 Å². The number of aromatic hydroxyl groups is 3. The van der Waals surface area contributed by atoms with Crippen molar-refractivity contribution in [1.29, 1.82) is 0 Å². The number of amides is 3. The summed E-state index contributed by atoms with van der Waals surface area (Å²) in [5.74, 6) is -4.69. The van der Waals surface area contributed by atoms with Crippen molar-refractivity contribution >= 4 is 34.8 Å². The molecule has 18 nitrogen and oxygen atoms in total. The Kier molecular flexibility index (Phi) is 18.7. The van der Waals surface area contributed by atoms with E-state index in [1.807, 2.05) is 32.0 Å².